The van der Waals surface area contributed by atoms with E-state index in [1.165, 1.54) is 11.3 Å². The molecule has 0 saturated carbocycles. The number of ether oxygens (including phenoxy) is 1. The van der Waals surface area contributed by atoms with Crippen LogP contribution in [0.2, 0.25) is 5.02 Å². The van der Waals surface area contributed by atoms with E-state index in [0.29, 0.717) is 48.2 Å². The number of aromatic nitrogens is 1. The number of nitrogens with one attached hydrogen (secondary N) is 1. The first-order valence-corrected chi connectivity index (χ1v) is 12.1. The number of unbranched alkanes of at least 4 members (excludes halogenated alkanes) is 2. The number of hydrogen-bond acceptors (Lipinski definition) is 5. The average Bonchev–Trinajstić information content (AvgIpc) is 3.16. The van der Waals surface area contributed by atoms with E-state index in [1.54, 1.807) is 24.3 Å². The number of rotatable bonds is 9. The molecule has 6 nitrogen and oxygen atoms in total. The van der Waals surface area contributed by atoms with Gasteiger partial charge in [0.05, 0.1) is 5.69 Å². The van der Waals surface area contributed by atoms with Crippen LogP contribution in [0, 0.1) is 12.8 Å². The van der Waals surface area contributed by atoms with Gasteiger partial charge in [-0.2, -0.15) is 0 Å². The Morgan fingerprint density at radius 2 is 1.94 bits per heavy atom. The number of benzene rings is 1. The van der Waals surface area contributed by atoms with Gasteiger partial charge in [-0.3, -0.25) is 9.59 Å². The number of hydrogen-bond donors (Lipinski definition) is 1. The van der Waals surface area contributed by atoms with E-state index in [9.17, 15) is 9.59 Å². The molecule has 0 radical (unpaired) electrons. The van der Waals surface area contributed by atoms with E-state index in [1.807, 2.05) is 11.8 Å². The molecule has 1 N–H and O–H groups in total. The van der Waals surface area contributed by atoms with Crippen molar-refractivity contribution in [3.63, 3.8) is 0 Å². The number of nitrogens with zero attached hydrogens (tertiary/aromatic N) is 2. The van der Waals surface area contributed by atoms with E-state index in [0.717, 1.165) is 36.5 Å². The molecule has 3 rings (SSSR count). The maximum Gasteiger partial charge on any atom is 0.265 e. The number of carbonyl (C=O) groups is 2. The van der Waals surface area contributed by atoms with Crippen LogP contribution in [0.5, 0.6) is 5.75 Å². The third-order valence-corrected chi connectivity index (χ3v) is 6.81. The van der Waals surface area contributed by atoms with Gasteiger partial charge in [0.15, 0.2) is 0 Å². The third-order valence-electron chi connectivity index (χ3n) is 5.44. The van der Waals surface area contributed by atoms with Crippen molar-refractivity contribution < 1.29 is 14.3 Å². The minimum Gasteiger partial charge on any atom is -0.486 e. The molecule has 1 saturated heterocycles. The highest BCUT2D eigenvalue weighted by Crippen LogP contribution is 2.25. The van der Waals surface area contributed by atoms with Crippen LogP contribution in [-0.4, -0.2) is 41.3 Å². The van der Waals surface area contributed by atoms with Crippen molar-refractivity contribution in [1.29, 1.82) is 0 Å². The van der Waals surface area contributed by atoms with Crippen molar-refractivity contribution >= 4 is 34.8 Å². The summed E-state index contributed by atoms with van der Waals surface area (Å²) in [4.78, 5) is 32.3. The summed E-state index contributed by atoms with van der Waals surface area (Å²) in [6.45, 7) is 6.24. The molecular weight excluding hydrogens is 434 g/mol. The number of aryl methyl sites for hydroxylation is 1. The summed E-state index contributed by atoms with van der Waals surface area (Å²) in [6, 6.07) is 7.15. The molecule has 2 amide bonds. The van der Waals surface area contributed by atoms with Crippen LogP contribution in [0.25, 0.3) is 0 Å². The summed E-state index contributed by atoms with van der Waals surface area (Å²) in [5.74, 6) is 0.824. The lowest BCUT2D eigenvalue weighted by molar-refractivity contribution is -0.126. The van der Waals surface area contributed by atoms with Crippen LogP contribution < -0.4 is 10.1 Å². The predicted octanol–water partition coefficient (Wildman–Crippen LogP) is 4.84. The largest absolute Gasteiger partial charge is 0.486 e. The predicted molar refractivity (Wildman–Crippen MR) is 124 cm³/mol. The fraction of sp³-hybridized carbons (Fsp3) is 0.522. The number of piperidine rings is 1. The molecule has 8 heteroatoms. The Morgan fingerprint density at radius 1 is 1.23 bits per heavy atom. The number of likely N-dealkylation sites (tertiary alicyclic amines) is 1. The highest BCUT2D eigenvalue weighted by atomic mass is 35.5. The lowest BCUT2D eigenvalue weighted by Crippen LogP contribution is -2.43. The van der Waals surface area contributed by atoms with Crippen LogP contribution in [0.4, 0.5) is 0 Å². The van der Waals surface area contributed by atoms with Crippen LogP contribution in [0.3, 0.4) is 0 Å². The Morgan fingerprint density at radius 3 is 2.61 bits per heavy atom. The zero-order chi connectivity index (χ0) is 22.2. The van der Waals surface area contributed by atoms with E-state index in [4.69, 9.17) is 16.3 Å². The van der Waals surface area contributed by atoms with Crippen LogP contribution in [-0.2, 0) is 11.4 Å². The van der Waals surface area contributed by atoms with Gasteiger partial charge in [-0.1, -0.05) is 31.4 Å². The fourth-order valence-corrected chi connectivity index (χ4v) is 4.68. The van der Waals surface area contributed by atoms with Gasteiger partial charge in [0.2, 0.25) is 5.91 Å². The van der Waals surface area contributed by atoms with E-state index in [2.05, 4.69) is 17.2 Å². The van der Waals surface area contributed by atoms with E-state index < -0.39 is 0 Å². The smallest absolute Gasteiger partial charge is 0.265 e. The van der Waals surface area contributed by atoms with Crippen molar-refractivity contribution in [1.82, 2.24) is 15.2 Å². The van der Waals surface area contributed by atoms with Gasteiger partial charge >= 0.3 is 0 Å². The Kier molecular flexibility index (Phi) is 8.72. The molecule has 1 aromatic heterocycles. The number of thiazole rings is 1. The van der Waals surface area contributed by atoms with Crippen LogP contribution in [0.15, 0.2) is 24.3 Å². The number of carbonyl (C=O) groups excluding carboxylic acids is 2. The van der Waals surface area contributed by atoms with Crippen molar-refractivity contribution in [2.24, 2.45) is 5.92 Å². The van der Waals surface area contributed by atoms with E-state index >= 15 is 0 Å². The topological polar surface area (TPSA) is 71.5 Å². The summed E-state index contributed by atoms with van der Waals surface area (Å²) >= 11 is 7.27. The highest BCUT2D eigenvalue weighted by Gasteiger charge is 2.29. The van der Waals surface area contributed by atoms with Crippen LogP contribution in [0.1, 0.15) is 59.4 Å². The molecule has 2 aromatic rings. The Balaban J connectivity index is 1.49. The van der Waals surface area contributed by atoms with E-state index in [-0.39, 0.29) is 17.7 Å². The molecule has 0 aliphatic carbocycles. The van der Waals surface area contributed by atoms with Gasteiger partial charge in [0, 0.05) is 30.6 Å². The summed E-state index contributed by atoms with van der Waals surface area (Å²) in [7, 11) is 0. The monoisotopic (exact) mass is 463 g/mol. The number of halogens is 1. The second-order valence-corrected chi connectivity index (χ2v) is 9.35. The first-order valence-electron chi connectivity index (χ1n) is 10.9. The van der Waals surface area contributed by atoms with Crippen LogP contribution >= 0.6 is 22.9 Å². The number of amides is 2. The molecule has 168 valence electrons. The molecule has 0 spiro atoms. The quantitative estimate of drug-likeness (QED) is 0.540. The van der Waals surface area contributed by atoms with Gasteiger partial charge in [0.25, 0.3) is 5.91 Å². The zero-order valence-electron chi connectivity index (χ0n) is 18.2. The van der Waals surface area contributed by atoms with Crippen molar-refractivity contribution in [2.75, 3.05) is 19.6 Å². The lowest BCUT2D eigenvalue weighted by atomic mass is 9.95. The minimum absolute atomic E-state index is 0.00318. The van der Waals surface area contributed by atoms with Gasteiger partial charge < -0.3 is 15.0 Å². The van der Waals surface area contributed by atoms with Gasteiger partial charge in [-0.05, 0) is 50.5 Å². The van der Waals surface area contributed by atoms with Gasteiger partial charge in [-0.25, -0.2) is 4.98 Å². The molecule has 0 atom stereocenters. The standard InChI is InChI=1S/C23H30ClN3O3S/c1-3-4-5-12-25-22(28)17-10-13-27(14-11-17)23(29)21-16(2)26-20(31-21)15-30-19-8-6-18(24)7-9-19/h6-9,17H,3-5,10-15H2,1-2H3,(H,25,28). The first kappa shape index (κ1) is 23.5. The van der Waals surface area contributed by atoms with Crippen molar-refractivity contribution in [3.05, 3.63) is 44.9 Å². The van der Waals surface area contributed by atoms with Crippen molar-refractivity contribution in [3.8, 4) is 5.75 Å². The fourth-order valence-electron chi connectivity index (χ4n) is 3.61. The second-order valence-electron chi connectivity index (χ2n) is 7.83. The average molecular weight is 464 g/mol. The van der Waals surface area contributed by atoms with Gasteiger partial charge in [0.1, 0.15) is 22.2 Å². The normalized spacial score (nSPS) is 14.5. The molecule has 1 aliphatic rings. The summed E-state index contributed by atoms with van der Waals surface area (Å²) < 4.78 is 5.75. The summed E-state index contributed by atoms with van der Waals surface area (Å²) in [5, 5.41) is 4.45. The Bertz CT molecular complexity index is 877. The summed E-state index contributed by atoms with van der Waals surface area (Å²) in [5.41, 5.74) is 0.723. The Hall–Kier alpha value is -2.12. The molecular formula is C23H30ClN3O3S. The third kappa shape index (κ3) is 6.68. The zero-order valence-corrected chi connectivity index (χ0v) is 19.7. The van der Waals surface area contributed by atoms with Gasteiger partial charge in [-0.15, -0.1) is 11.3 Å². The maximum absolute atomic E-state index is 13.0. The minimum atomic E-state index is -0.00505. The molecule has 0 unspecified atom stereocenters. The molecule has 1 aliphatic heterocycles. The second kappa shape index (κ2) is 11.5. The molecule has 0 bridgehead atoms. The maximum atomic E-state index is 13.0. The SMILES string of the molecule is CCCCCNC(=O)C1CCN(C(=O)c2sc(COc3ccc(Cl)cc3)nc2C)CC1. The summed E-state index contributed by atoms with van der Waals surface area (Å²) in [6.07, 6.45) is 4.70. The highest BCUT2D eigenvalue weighted by molar-refractivity contribution is 7.13. The lowest BCUT2D eigenvalue weighted by Gasteiger charge is -2.31. The Labute approximate surface area is 193 Å². The molecule has 2 heterocycles. The molecule has 1 aromatic carbocycles. The molecule has 31 heavy (non-hydrogen) atoms. The van der Waals surface area contributed by atoms with Crippen molar-refractivity contribution in [2.45, 2.75) is 52.6 Å². The first-order chi connectivity index (χ1) is 15.0. The molecule has 1 fully saturated rings.